The third-order valence-corrected chi connectivity index (χ3v) is 6.91. The Hall–Kier alpha value is -3.97. The number of hydrogen-bond donors (Lipinski definition) is 3. The number of anilines is 2. The van der Waals surface area contributed by atoms with Gasteiger partial charge in [-0.3, -0.25) is 4.98 Å². The van der Waals surface area contributed by atoms with Crippen LogP contribution >= 0.6 is 0 Å². The molecule has 0 bridgehead atoms. The Labute approximate surface area is 216 Å². The number of nitrogen functional groups attached to an aromatic ring is 1. The van der Waals surface area contributed by atoms with E-state index in [9.17, 15) is 18.3 Å². The van der Waals surface area contributed by atoms with Gasteiger partial charge in [-0.15, -0.1) is 0 Å². The van der Waals surface area contributed by atoms with Crippen molar-refractivity contribution >= 4 is 22.7 Å². The van der Waals surface area contributed by atoms with Crippen LogP contribution in [0.2, 0.25) is 0 Å². The summed E-state index contributed by atoms with van der Waals surface area (Å²) in [5, 5.41) is 10.2. The molecule has 200 valence electrons. The van der Waals surface area contributed by atoms with Gasteiger partial charge in [-0.2, -0.15) is 0 Å². The molecule has 0 saturated carbocycles. The Morgan fingerprint density at radius 1 is 1.18 bits per heavy atom. The van der Waals surface area contributed by atoms with Gasteiger partial charge >= 0.3 is 0 Å². The molecule has 5 rings (SSSR count). The van der Waals surface area contributed by atoms with Gasteiger partial charge in [-0.25, -0.2) is 28.1 Å². The fourth-order valence-electron chi connectivity index (χ4n) is 4.89. The summed E-state index contributed by atoms with van der Waals surface area (Å²) < 4.78 is 48.0. The summed E-state index contributed by atoms with van der Waals surface area (Å²) in [5.41, 5.74) is 14.1. The quantitative estimate of drug-likeness (QED) is 0.330. The van der Waals surface area contributed by atoms with E-state index in [1.165, 1.54) is 25.6 Å². The number of rotatable bonds is 7. The number of piperidine rings is 1. The molecule has 1 aliphatic rings. The average molecular weight is 529 g/mol. The number of aromatic nitrogens is 5. The van der Waals surface area contributed by atoms with E-state index in [-0.39, 0.29) is 31.1 Å². The summed E-state index contributed by atoms with van der Waals surface area (Å²) in [5.74, 6) is -0.184. The van der Waals surface area contributed by atoms with Gasteiger partial charge in [-0.1, -0.05) is 0 Å². The second-order valence-electron chi connectivity index (χ2n) is 9.39. The Kier molecular flexibility index (Phi) is 6.80. The van der Waals surface area contributed by atoms with Gasteiger partial charge < -0.3 is 30.8 Å². The van der Waals surface area contributed by atoms with Crippen molar-refractivity contribution < 1.29 is 23.0 Å². The van der Waals surface area contributed by atoms with Crippen LogP contribution in [0.15, 0.2) is 43.1 Å². The van der Waals surface area contributed by atoms with E-state index < -0.39 is 23.9 Å². The standard InChI is InChI=1S/C25H27F3N8O2/c1-38-19-4-3-14(7-16(19)26)17-8-15(10-36-13-34-20-23(29)32-12-33-24(20)36)18(9-31-17)35-6-2-5-25(30,11-35)21(37)22(27)28/h3-4,7-9,12-13,21-22,37H,2,5-6,10-11,30H2,1H3,(H2,29,32,33)/t21-,25-/m1/s1. The Balaban J connectivity index is 1.57. The first kappa shape index (κ1) is 25.7. The van der Waals surface area contributed by atoms with Crippen LogP contribution in [0, 0.1) is 5.82 Å². The number of alkyl halides is 2. The number of pyridine rings is 1. The van der Waals surface area contributed by atoms with E-state index in [2.05, 4.69) is 19.9 Å². The van der Waals surface area contributed by atoms with Crippen molar-refractivity contribution in [1.29, 1.82) is 0 Å². The molecule has 1 aromatic carbocycles. The fourth-order valence-corrected chi connectivity index (χ4v) is 4.89. The van der Waals surface area contributed by atoms with Gasteiger partial charge in [0.25, 0.3) is 6.43 Å². The number of hydrogen-bond acceptors (Lipinski definition) is 9. The average Bonchev–Trinajstić information content (AvgIpc) is 3.32. The lowest BCUT2D eigenvalue weighted by molar-refractivity contribution is -0.0529. The molecule has 4 aromatic rings. The number of aliphatic hydroxyl groups is 1. The van der Waals surface area contributed by atoms with Gasteiger partial charge in [0, 0.05) is 18.7 Å². The number of ether oxygens (including phenoxy) is 1. The van der Waals surface area contributed by atoms with Gasteiger partial charge in [0.2, 0.25) is 0 Å². The highest BCUT2D eigenvalue weighted by Crippen LogP contribution is 2.34. The van der Waals surface area contributed by atoms with Gasteiger partial charge in [-0.05, 0) is 42.7 Å². The Bertz CT molecular complexity index is 1470. The van der Waals surface area contributed by atoms with Crippen molar-refractivity contribution in [2.75, 3.05) is 30.8 Å². The monoisotopic (exact) mass is 528 g/mol. The second kappa shape index (κ2) is 10.1. The summed E-state index contributed by atoms with van der Waals surface area (Å²) in [6.07, 6.45) is 0.347. The molecule has 3 aromatic heterocycles. The molecule has 0 aliphatic carbocycles. The second-order valence-corrected chi connectivity index (χ2v) is 9.39. The van der Waals surface area contributed by atoms with Crippen LogP contribution in [0.3, 0.4) is 0 Å². The van der Waals surface area contributed by atoms with Crippen molar-refractivity contribution in [1.82, 2.24) is 24.5 Å². The molecule has 1 saturated heterocycles. The van der Waals surface area contributed by atoms with E-state index >= 15 is 0 Å². The van der Waals surface area contributed by atoms with Crippen LogP contribution in [0.25, 0.3) is 22.4 Å². The number of aliphatic hydroxyl groups excluding tert-OH is 1. The zero-order valence-electron chi connectivity index (χ0n) is 20.6. The number of nitrogens with two attached hydrogens (primary N) is 2. The zero-order chi connectivity index (χ0) is 27.0. The van der Waals surface area contributed by atoms with Crippen molar-refractivity contribution in [2.45, 2.75) is 37.5 Å². The van der Waals surface area contributed by atoms with Crippen molar-refractivity contribution in [3.05, 3.63) is 54.5 Å². The summed E-state index contributed by atoms with van der Waals surface area (Å²) in [7, 11) is 1.38. The predicted octanol–water partition coefficient (Wildman–Crippen LogP) is 2.59. The lowest BCUT2D eigenvalue weighted by atomic mass is 9.84. The van der Waals surface area contributed by atoms with Gasteiger partial charge in [0.1, 0.15) is 17.9 Å². The molecule has 0 amide bonds. The van der Waals surface area contributed by atoms with Crippen LogP contribution in [0.1, 0.15) is 18.4 Å². The van der Waals surface area contributed by atoms with Crippen molar-refractivity contribution in [3.8, 4) is 17.0 Å². The predicted molar refractivity (Wildman–Crippen MR) is 135 cm³/mol. The number of imidazole rings is 1. The van der Waals surface area contributed by atoms with E-state index in [0.29, 0.717) is 41.1 Å². The topological polar surface area (TPSA) is 141 Å². The minimum Gasteiger partial charge on any atom is -0.494 e. The highest BCUT2D eigenvalue weighted by Gasteiger charge is 2.43. The molecule has 0 radical (unpaired) electrons. The first-order valence-corrected chi connectivity index (χ1v) is 11.9. The highest BCUT2D eigenvalue weighted by molar-refractivity contribution is 5.81. The van der Waals surface area contributed by atoms with Crippen molar-refractivity contribution in [3.63, 3.8) is 0 Å². The molecular weight excluding hydrogens is 501 g/mol. The molecule has 10 nitrogen and oxygen atoms in total. The first-order chi connectivity index (χ1) is 18.2. The smallest absolute Gasteiger partial charge is 0.265 e. The third kappa shape index (κ3) is 4.70. The van der Waals surface area contributed by atoms with Crippen LogP contribution in [-0.4, -0.2) is 67.9 Å². The third-order valence-electron chi connectivity index (χ3n) is 6.91. The lowest BCUT2D eigenvalue weighted by Crippen LogP contribution is -2.63. The molecule has 1 fully saturated rings. The van der Waals surface area contributed by atoms with Gasteiger partial charge in [0.05, 0.1) is 43.1 Å². The Morgan fingerprint density at radius 3 is 2.74 bits per heavy atom. The maximum Gasteiger partial charge on any atom is 0.265 e. The van der Waals surface area contributed by atoms with E-state index in [1.807, 2.05) is 4.90 Å². The van der Waals surface area contributed by atoms with E-state index in [1.54, 1.807) is 29.2 Å². The highest BCUT2D eigenvalue weighted by atomic mass is 19.3. The summed E-state index contributed by atoms with van der Waals surface area (Å²) in [6.45, 7) is 0.797. The first-order valence-electron chi connectivity index (χ1n) is 11.9. The summed E-state index contributed by atoms with van der Waals surface area (Å²) in [6, 6.07) is 6.33. The SMILES string of the molecule is COc1ccc(-c2cc(Cn3cnc4c(N)ncnc43)c(N3CCC[C@](N)([C@H](O)C(F)F)C3)cn2)cc1F. The maximum atomic E-state index is 14.5. The molecule has 13 heteroatoms. The number of nitrogens with zero attached hydrogens (tertiary/aromatic N) is 6. The van der Waals surface area contributed by atoms with E-state index in [4.69, 9.17) is 16.2 Å². The maximum absolute atomic E-state index is 14.5. The molecule has 5 N–H and O–H groups in total. The summed E-state index contributed by atoms with van der Waals surface area (Å²) >= 11 is 0. The van der Waals surface area contributed by atoms with Crippen LogP contribution in [-0.2, 0) is 6.54 Å². The minimum atomic E-state index is -2.97. The van der Waals surface area contributed by atoms with Gasteiger partial charge in [0.15, 0.2) is 23.0 Å². The number of fused-ring (bicyclic) bond motifs is 1. The van der Waals surface area contributed by atoms with Crippen LogP contribution < -0.4 is 21.1 Å². The molecular formula is C25H27F3N8O2. The van der Waals surface area contributed by atoms with Crippen molar-refractivity contribution in [2.24, 2.45) is 5.73 Å². The number of methoxy groups -OCH3 is 1. The fraction of sp³-hybridized carbons (Fsp3) is 0.360. The molecule has 0 spiro atoms. The minimum absolute atomic E-state index is 0.00346. The molecule has 4 heterocycles. The summed E-state index contributed by atoms with van der Waals surface area (Å²) in [4.78, 5) is 19.0. The molecule has 0 unspecified atom stereocenters. The largest absolute Gasteiger partial charge is 0.494 e. The van der Waals surface area contributed by atoms with Crippen LogP contribution in [0.5, 0.6) is 5.75 Å². The van der Waals surface area contributed by atoms with Crippen LogP contribution in [0.4, 0.5) is 24.7 Å². The lowest BCUT2D eigenvalue weighted by Gasteiger charge is -2.44. The molecule has 2 atom stereocenters. The normalized spacial score (nSPS) is 18.8. The number of benzene rings is 1. The molecule has 1 aliphatic heterocycles. The number of halogens is 3. The molecule has 38 heavy (non-hydrogen) atoms. The Morgan fingerprint density at radius 2 is 2.00 bits per heavy atom. The van der Waals surface area contributed by atoms with E-state index in [0.717, 1.165) is 5.56 Å². The zero-order valence-corrected chi connectivity index (χ0v) is 20.6.